The molecule has 0 saturated heterocycles. The van der Waals surface area contributed by atoms with Gasteiger partial charge in [-0.05, 0) is 25.1 Å². The Kier molecular flexibility index (Phi) is 4.91. The molecule has 3 nitrogen and oxygen atoms in total. The lowest BCUT2D eigenvalue weighted by atomic mass is 9.92. The number of rotatable bonds is 4. The van der Waals surface area contributed by atoms with E-state index < -0.39 is 23.9 Å². The molecule has 1 rings (SSSR count). The number of amides is 1. The van der Waals surface area contributed by atoms with Crippen molar-refractivity contribution in [3.05, 3.63) is 34.1 Å². The summed E-state index contributed by atoms with van der Waals surface area (Å²) >= 11 is 8.59. The van der Waals surface area contributed by atoms with E-state index in [-0.39, 0.29) is 11.4 Å². The van der Waals surface area contributed by atoms with Crippen LogP contribution in [0.4, 0.5) is 4.39 Å². The number of nitrogens with one attached hydrogen (secondary N) is 1. The van der Waals surface area contributed by atoms with Crippen LogP contribution in [0.1, 0.15) is 12.5 Å². The minimum Gasteiger partial charge on any atom is -0.394 e. The van der Waals surface area contributed by atoms with Gasteiger partial charge in [0, 0.05) is 10.0 Å². The van der Waals surface area contributed by atoms with E-state index in [4.69, 9.17) is 11.6 Å². The van der Waals surface area contributed by atoms with Crippen LogP contribution >= 0.6 is 27.5 Å². The molecule has 1 unspecified atom stereocenters. The summed E-state index contributed by atoms with van der Waals surface area (Å²) in [5, 5.41) is 11.9. The monoisotopic (exact) mass is 323 g/mol. The largest absolute Gasteiger partial charge is 0.394 e. The minimum absolute atomic E-state index is 0.202. The van der Waals surface area contributed by atoms with E-state index >= 15 is 0 Å². The Labute approximate surface area is 112 Å². The normalized spacial score (nSPS) is 14.2. The Balaban J connectivity index is 3.15. The maximum atomic E-state index is 13.7. The average Bonchev–Trinajstić information content (AvgIpc) is 2.31. The molecular formula is C11H12BrClFNO2. The first kappa shape index (κ1) is 14.4. The van der Waals surface area contributed by atoms with Crippen molar-refractivity contribution in [1.82, 2.24) is 5.32 Å². The lowest BCUT2D eigenvalue weighted by Gasteiger charge is -2.29. The zero-order chi connectivity index (χ0) is 13.1. The summed E-state index contributed by atoms with van der Waals surface area (Å²) in [5.74, 6) is -1.22. The van der Waals surface area contributed by atoms with Crippen LogP contribution in [-0.2, 0) is 10.3 Å². The second-order valence-corrected chi connectivity index (χ2v) is 4.98. The van der Waals surface area contributed by atoms with E-state index in [1.165, 1.54) is 19.1 Å². The molecule has 0 aliphatic carbocycles. The third-order valence-electron chi connectivity index (χ3n) is 2.38. The van der Waals surface area contributed by atoms with E-state index in [0.717, 1.165) is 0 Å². The molecule has 0 aliphatic heterocycles. The number of hydrogen-bond acceptors (Lipinski definition) is 2. The van der Waals surface area contributed by atoms with Crippen molar-refractivity contribution in [2.75, 3.05) is 12.5 Å². The molecule has 0 aromatic heterocycles. The van der Waals surface area contributed by atoms with E-state index in [0.29, 0.717) is 4.47 Å². The molecule has 1 aromatic rings. The van der Waals surface area contributed by atoms with E-state index in [2.05, 4.69) is 21.2 Å². The third kappa shape index (κ3) is 3.40. The lowest BCUT2D eigenvalue weighted by molar-refractivity contribution is -0.121. The molecule has 2 N–H and O–H groups in total. The summed E-state index contributed by atoms with van der Waals surface area (Å²) in [7, 11) is 0. The maximum Gasteiger partial charge on any atom is 0.235 e. The van der Waals surface area contributed by atoms with E-state index in [1.807, 2.05) is 0 Å². The zero-order valence-electron chi connectivity index (χ0n) is 9.14. The standard InChI is InChI=1S/C11H12BrClFNO2/c1-11(6-16,15-10(17)5-13)8-4-7(12)2-3-9(8)14/h2-4,16H,5-6H2,1H3,(H,15,17). The summed E-state index contributed by atoms with van der Waals surface area (Å²) in [6, 6.07) is 4.32. The third-order valence-corrected chi connectivity index (χ3v) is 3.11. The van der Waals surface area contributed by atoms with Gasteiger partial charge < -0.3 is 10.4 Å². The predicted octanol–water partition coefficient (Wildman–Crippen LogP) is 2.15. The van der Waals surface area contributed by atoms with Gasteiger partial charge in [-0.1, -0.05) is 15.9 Å². The lowest BCUT2D eigenvalue weighted by Crippen LogP contribution is -2.47. The molecule has 1 atom stereocenters. The molecule has 17 heavy (non-hydrogen) atoms. The average molecular weight is 325 g/mol. The highest BCUT2D eigenvalue weighted by Crippen LogP contribution is 2.26. The van der Waals surface area contributed by atoms with Gasteiger partial charge in [-0.15, -0.1) is 11.6 Å². The van der Waals surface area contributed by atoms with Crippen LogP contribution in [0, 0.1) is 5.82 Å². The van der Waals surface area contributed by atoms with Crippen molar-refractivity contribution in [3.63, 3.8) is 0 Å². The van der Waals surface area contributed by atoms with Gasteiger partial charge in [-0.2, -0.15) is 0 Å². The number of carbonyl (C=O) groups is 1. The van der Waals surface area contributed by atoms with E-state index in [1.54, 1.807) is 6.07 Å². The van der Waals surface area contributed by atoms with Gasteiger partial charge in [0.05, 0.1) is 12.1 Å². The first-order valence-corrected chi connectivity index (χ1v) is 6.19. The van der Waals surface area contributed by atoms with Crippen LogP contribution in [0.15, 0.2) is 22.7 Å². The highest BCUT2D eigenvalue weighted by molar-refractivity contribution is 9.10. The van der Waals surface area contributed by atoms with Crippen molar-refractivity contribution >= 4 is 33.4 Å². The molecule has 0 radical (unpaired) electrons. The van der Waals surface area contributed by atoms with Gasteiger partial charge in [0.15, 0.2) is 0 Å². The molecular weight excluding hydrogens is 312 g/mol. The van der Waals surface area contributed by atoms with Crippen molar-refractivity contribution in [1.29, 1.82) is 0 Å². The number of halogens is 3. The van der Waals surface area contributed by atoms with Crippen LogP contribution in [0.5, 0.6) is 0 Å². The van der Waals surface area contributed by atoms with Crippen LogP contribution < -0.4 is 5.32 Å². The SMILES string of the molecule is CC(CO)(NC(=O)CCl)c1cc(Br)ccc1F. The van der Waals surface area contributed by atoms with Crippen LogP contribution in [-0.4, -0.2) is 23.5 Å². The summed E-state index contributed by atoms with van der Waals surface area (Å²) in [5.41, 5.74) is -0.993. The number of aliphatic hydroxyl groups excluding tert-OH is 1. The van der Waals surface area contributed by atoms with Crippen molar-refractivity contribution < 1.29 is 14.3 Å². The van der Waals surface area contributed by atoms with Gasteiger partial charge in [0.25, 0.3) is 0 Å². The molecule has 0 aliphatic rings. The van der Waals surface area contributed by atoms with Crippen LogP contribution in [0.3, 0.4) is 0 Å². The van der Waals surface area contributed by atoms with Crippen molar-refractivity contribution in [2.24, 2.45) is 0 Å². The quantitative estimate of drug-likeness (QED) is 0.834. The van der Waals surface area contributed by atoms with Gasteiger partial charge in [-0.3, -0.25) is 4.79 Å². The first-order valence-electron chi connectivity index (χ1n) is 4.86. The summed E-state index contributed by atoms with van der Waals surface area (Å²) in [4.78, 5) is 11.3. The molecule has 0 fully saturated rings. The molecule has 94 valence electrons. The summed E-state index contributed by atoms with van der Waals surface area (Å²) in [6.45, 7) is 1.10. The van der Waals surface area contributed by atoms with Crippen LogP contribution in [0.2, 0.25) is 0 Å². The van der Waals surface area contributed by atoms with Crippen molar-refractivity contribution in [2.45, 2.75) is 12.5 Å². The number of carbonyl (C=O) groups excluding carboxylic acids is 1. The fourth-order valence-corrected chi connectivity index (χ4v) is 1.88. The Bertz CT molecular complexity index is 430. The Morgan fingerprint density at radius 1 is 1.65 bits per heavy atom. The number of aliphatic hydroxyl groups is 1. The van der Waals surface area contributed by atoms with Crippen molar-refractivity contribution in [3.8, 4) is 0 Å². The van der Waals surface area contributed by atoms with Gasteiger partial charge in [-0.25, -0.2) is 4.39 Å². The number of benzene rings is 1. The smallest absolute Gasteiger partial charge is 0.235 e. The predicted molar refractivity (Wildman–Crippen MR) is 67.4 cm³/mol. The number of alkyl halides is 1. The molecule has 0 heterocycles. The molecule has 0 saturated carbocycles. The molecule has 1 amide bonds. The van der Waals surface area contributed by atoms with Crippen LogP contribution in [0.25, 0.3) is 0 Å². The second-order valence-electron chi connectivity index (χ2n) is 3.80. The van der Waals surface area contributed by atoms with Gasteiger partial charge >= 0.3 is 0 Å². The maximum absolute atomic E-state index is 13.7. The second kappa shape index (κ2) is 5.80. The van der Waals surface area contributed by atoms with Gasteiger partial charge in [0.2, 0.25) is 5.91 Å². The fourth-order valence-electron chi connectivity index (χ4n) is 1.45. The summed E-state index contributed by atoms with van der Waals surface area (Å²) in [6.07, 6.45) is 0. The molecule has 0 spiro atoms. The summed E-state index contributed by atoms with van der Waals surface area (Å²) < 4.78 is 14.4. The topological polar surface area (TPSA) is 49.3 Å². The molecule has 6 heteroatoms. The highest BCUT2D eigenvalue weighted by Gasteiger charge is 2.30. The number of hydrogen-bond donors (Lipinski definition) is 2. The van der Waals surface area contributed by atoms with Gasteiger partial charge in [0.1, 0.15) is 11.7 Å². The minimum atomic E-state index is -1.19. The Morgan fingerprint density at radius 3 is 2.82 bits per heavy atom. The Hall–Kier alpha value is -0.650. The molecule has 1 aromatic carbocycles. The molecule has 0 bridgehead atoms. The van der Waals surface area contributed by atoms with E-state index in [9.17, 15) is 14.3 Å². The first-order chi connectivity index (χ1) is 7.92. The highest BCUT2D eigenvalue weighted by atomic mass is 79.9. The Morgan fingerprint density at radius 2 is 2.29 bits per heavy atom. The fraction of sp³-hybridized carbons (Fsp3) is 0.364. The zero-order valence-corrected chi connectivity index (χ0v) is 11.5.